The lowest BCUT2D eigenvalue weighted by atomic mass is 10.2. The number of nitrogen functional groups attached to an aromatic ring is 1. The molecular formula is C14H12N4O2S2. The zero-order valence-corrected chi connectivity index (χ0v) is 13.0. The lowest BCUT2D eigenvalue weighted by Crippen LogP contribution is -2.19. The van der Waals surface area contributed by atoms with E-state index in [2.05, 4.69) is 15.3 Å². The van der Waals surface area contributed by atoms with E-state index in [1.807, 2.05) is 17.5 Å². The number of hydrogen-bond donors (Lipinski definition) is 2. The van der Waals surface area contributed by atoms with Crippen LogP contribution in [0.2, 0.25) is 0 Å². The van der Waals surface area contributed by atoms with E-state index in [1.54, 1.807) is 23.7 Å². The second-order valence-corrected chi connectivity index (χ2v) is 6.05. The lowest BCUT2D eigenvalue weighted by Gasteiger charge is -2.06. The molecule has 8 heteroatoms. The van der Waals surface area contributed by atoms with Crippen molar-refractivity contribution in [2.24, 2.45) is 0 Å². The summed E-state index contributed by atoms with van der Waals surface area (Å²) in [5.74, 6) is 0.368. The molecule has 3 rings (SSSR count). The SMILES string of the molecule is Nc1nc(-c2ccc(OCC(=O)Nc3nccs3)cc2)cs1. The number of aromatic nitrogens is 2. The highest BCUT2D eigenvalue weighted by Gasteiger charge is 2.06. The summed E-state index contributed by atoms with van der Waals surface area (Å²) in [6.07, 6.45) is 1.63. The van der Waals surface area contributed by atoms with E-state index in [0.717, 1.165) is 11.3 Å². The Morgan fingerprint density at radius 2 is 2.09 bits per heavy atom. The number of hydrogen-bond acceptors (Lipinski definition) is 7. The van der Waals surface area contributed by atoms with Crippen molar-refractivity contribution in [1.29, 1.82) is 0 Å². The van der Waals surface area contributed by atoms with E-state index in [1.165, 1.54) is 22.7 Å². The van der Waals surface area contributed by atoms with Gasteiger partial charge in [-0.1, -0.05) is 0 Å². The summed E-state index contributed by atoms with van der Waals surface area (Å²) in [6, 6.07) is 7.34. The fourth-order valence-electron chi connectivity index (χ4n) is 1.73. The first-order valence-electron chi connectivity index (χ1n) is 6.34. The van der Waals surface area contributed by atoms with Gasteiger partial charge >= 0.3 is 0 Å². The molecule has 0 aliphatic carbocycles. The van der Waals surface area contributed by atoms with Gasteiger partial charge in [-0.2, -0.15) is 0 Å². The fraction of sp³-hybridized carbons (Fsp3) is 0.0714. The minimum absolute atomic E-state index is 0.0669. The highest BCUT2D eigenvalue weighted by atomic mass is 32.1. The van der Waals surface area contributed by atoms with Crippen LogP contribution in [0, 0.1) is 0 Å². The van der Waals surface area contributed by atoms with Crippen molar-refractivity contribution in [1.82, 2.24) is 9.97 Å². The molecule has 0 unspecified atom stereocenters. The van der Waals surface area contributed by atoms with Crippen LogP contribution in [-0.4, -0.2) is 22.5 Å². The number of rotatable bonds is 5. The van der Waals surface area contributed by atoms with Crippen molar-refractivity contribution in [3.63, 3.8) is 0 Å². The van der Waals surface area contributed by atoms with Crippen molar-refractivity contribution in [3.8, 4) is 17.0 Å². The number of benzene rings is 1. The van der Waals surface area contributed by atoms with E-state index in [4.69, 9.17) is 10.5 Å². The first-order valence-corrected chi connectivity index (χ1v) is 8.10. The molecule has 2 aromatic heterocycles. The number of carbonyl (C=O) groups is 1. The quantitative estimate of drug-likeness (QED) is 0.750. The second-order valence-electron chi connectivity index (χ2n) is 4.27. The van der Waals surface area contributed by atoms with E-state index in [9.17, 15) is 4.79 Å². The maximum atomic E-state index is 11.7. The molecule has 0 atom stereocenters. The Labute approximate surface area is 134 Å². The van der Waals surface area contributed by atoms with E-state index in [0.29, 0.717) is 16.0 Å². The Balaban J connectivity index is 1.56. The molecule has 22 heavy (non-hydrogen) atoms. The summed E-state index contributed by atoms with van der Waals surface area (Å²) >= 11 is 2.76. The topological polar surface area (TPSA) is 90.1 Å². The average molecular weight is 332 g/mol. The van der Waals surface area contributed by atoms with E-state index in [-0.39, 0.29) is 12.5 Å². The predicted molar refractivity (Wildman–Crippen MR) is 88.2 cm³/mol. The van der Waals surface area contributed by atoms with Gasteiger partial charge in [0, 0.05) is 22.5 Å². The highest BCUT2D eigenvalue weighted by molar-refractivity contribution is 7.14. The van der Waals surface area contributed by atoms with Crippen LogP contribution < -0.4 is 15.8 Å². The Bertz CT molecular complexity index is 754. The first kappa shape index (κ1) is 14.5. The fourth-order valence-corrected chi connectivity index (χ4v) is 2.85. The minimum atomic E-state index is -0.244. The van der Waals surface area contributed by atoms with Crippen molar-refractivity contribution in [2.75, 3.05) is 17.7 Å². The molecule has 0 spiro atoms. The highest BCUT2D eigenvalue weighted by Crippen LogP contribution is 2.25. The summed E-state index contributed by atoms with van der Waals surface area (Å²) in [5, 5.41) is 7.44. The molecule has 1 amide bonds. The third kappa shape index (κ3) is 3.60. The number of ether oxygens (including phenoxy) is 1. The molecular weight excluding hydrogens is 320 g/mol. The van der Waals surface area contributed by atoms with Crippen LogP contribution in [0.5, 0.6) is 5.75 Å². The zero-order chi connectivity index (χ0) is 15.4. The van der Waals surface area contributed by atoms with Crippen LogP contribution in [0.3, 0.4) is 0 Å². The maximum Gasteiger partial charge on any atom is 0.264 e. The van der Waals surface area contributed by atoms with Crippen molar-refractivity contribution < 1.29 is 9.53 Å². The zero-order valence-electron chi connectivity index (χ0n) is 11.4. The predicted octanol–water partition coefficient (Wildman–Crippen LogP) is 2.87. The van der Waals surface area contributed by atoms with Crippen LogP contribution in [-0.2, 0) is 4.79 Å². The number of nitrogens with zero attached hydrogens (tertiary/aromatic N) is 2. The van der Waals surface area contributed by atoms with Gasteiger partial charge in [0.25, 0.3) is 5.91 Å². The number of amides is 1. The molecule has 3 N–H and O–H groups in total. The van der Waals surface area contributed by atoms with Crippen LogP contribution in [0.15, 0.2) is 41.2 Å². The van der Waals surface area contributed by atoms with Gasteiger partial charge in [-0.05, 0) is 24.3 Å². The van der Waals surface area contributed by atoms with Crippen LogP contribution in [0.4, 0.5) is 10.3 Å². The molecule has 112 valence electrons. The Morgan fingerprint density at radius 3 is 2.73 bits per heavy atom. The molecule has 0 fully saturated rings. The van der Waals surface area contributed by atoms with E-state index < -0.39 is 0 Å². The van der Waals surface area contributed by atoms with Gasteiger partial charge in [0.05, 0.1) is 5.69 Å². The normalized spacial score (nSPS) is 10.4. The van der Waals surface area contributed by atoms with Crippen LogP contribution in [0.25, 0.3) is 11.3 Å². The minimum Gasteiger partial charge on any atom is -0.484 e. The van der Waals surface area contributed by atoms with Crippen LogP contribution in [0.1, 0.15) is 0 Å². The van der Waals surface area contributed by atoms with Crippen molar-refractivity contribution in [3.05, 3.63) is 41.2 Å². The standard InChI is InChI=1S/C14H12N4O2S2/c15-13-17-11(8-22-13)9-1-3-10(4-2-9)20-7-12(19)18-14-16-5-6-21-14/h1-6,8H,7H2,(H2,15,17)(H,16,18,19). The smallest absolute Gasteiger partial charge is 0.264 e. The summed E-state index contributed by atoms with van der Waals surface area (Å²) < 4.78 is 5.43. The molecule has 0 radical (unpaired) electrons. The summed E-state index contributed by atoms with van der Waals surface area (Å²) in [4.78, 5) is 19.9. The lowest BCUT2D eigenvalue weighted by molar-refractivity contribution is -0.118. The molecule has 6 nitrogen and oxygen atoms in total. The van der Waals surface area contributed by atoms with Gasteiger partial charge in [0.1, 0.15) is 5.75 Å². The van der Waals surface area contributed by atoms with Gasteiger partial charge in [0.2, 0.25) is 0 Å². The maximum absolute atomic E-state index is 11.7. The van der Waals surface area contributed by atoms with Gasteiger partial charge in [-0.25, -0.2) is 9.97 Å². The van der Waals surface area contributed by atoms with Gasteiger partial charge in [-0.15, -0.1) is 22.7 Å². The van der Waals surface area contributed by atoms with Gasteiger partial charge < -0.3 is 10.5 Å². The van der Waals surface area contributed by atoms with Crippen molar-refractivity contribution in [2.45, 2.75) is 0 Å². The Kier molecular flexibility index (Phi) is 4.31. The van der Waals surface area contributed by atoms with Gasteiger partial charge in [-0.3, -0.25) is 10.1 Å². The van der Waals surface area contributed by atoms with Gasteiger partial charge in [0.15, 0.2) is 16.9 Å². The van der Waals surface area contributed by atoms with Crippen molar-refractivity contribution >= 4 is 38.8 Å². The monoisotopic (exact) mass is 332 g/mol. The number of anilines is 2. The summed E-state index contributed by atoms with van der Waals surface area (Å²) in [5.41, 5.74) is 7.40. The number of nitrogens with two attached hydrogens (primary N) is 1. The Hall–Kier alpha value is -2.45. The molecule has 0 saturated carbocycles. The number of nitrogens with one attached hydrogen (secondary N) is 1. The third-order valence-electron chi connectivity index (χ3n) is 2.72. The second kappa shape index (κ2) is 6.54. The molecule has 0 aliphatic heterocycles. The first-order chi connectivity index (χ1) is 10.7. The largest absolute Gasteiger partial charge is 0.484 e. The van der Waals surface area contributed by atoms with E-state index >= 15 is 0 Å². The number of thiazole rings is 2. The number of carbonyl (C=O) groups excluding carboxylic acids is 1. The molecule has 0 saturated heterocycles. The summed E-state index contributed by atoms with van der Waals surface area (Å²) in [6.45, 7) is -0.0669. The molecule has 1 aromatic carbocycles. The molecule has 0 aliphatic rings. The third-order valence-corrected chi connectivity index (χ3v) is 4.08. The summed E-state index contributed by atoms with van der Waals surface area (Å²) in [7, 11) is 0. The Morgan fingerprint density at radius 1 is 1.27 bits per heavy atom. The molecule has 0 bridgehead atoms. The molecule has 3 aromatic rings. The van der Waals surface area contributed by atoms with Crippen LogP contribution >= 0.6 is 22.7 Å². The average Bonchev–Trinajstić information content (AvgIpc) is 3.17. The molecule has 2 heterocycles.